The first-order valence-corrected chi connectivity index (χ1v) is 6.21. The Hall–Kier alpha value is -0.870. The molecule has 0 unspecified atom stereocenters. The third kappa shape index (κ3) is 2.13. The first-order valence-electron chi connectivity index (χ1n) is 4.56. The molecule has 0 fully saturated rings. The van der Waals surface area contributed by atoms with Crippen molar-refractivity contribution >= 4 is 9.84 Å². The Labute approximate surface area is 84.9 Å². The minimum atomic E-state index is -3.15. The van der Waals surface area contributed by atoms with Crippen LogP contribution in [0.5, 0.6) is 0 Å². The SMILES string of the molecule is CCS(=O)(=O)c1ccccc1[C@@H](C)N. The highest BCUT2D eigenvalue weighted by molar-refractivity contribution is 7.91. The summed E-state index contributed by atoms with van der Waals surface area (Å²) in [6.45, 7) is 3.41. The second-order valence-electron chi connectivity index (χ2n) is 3.23. The fourth-order valence-electron chi connectivity index (χ4n) is 1.30. The van der Waals surface area contributed by atoms with Gasteiger partial charge in [0.1, 0.15) is 0 Å². The van der Waals surface area contributed by atoms with E-state index in [1.165, 1.54) is 0 Å². The van der Waals surface area contributed by atoms with Crippen molar-refractivity contribution in [3.63, 3.8) is 0 Å². The van der Waals surface area contributed by atoms with Gasteiger partial charge in [0.25, 0.3) is 0 Å². The molecule has 4 heteroatoms. The molecule has 0 aliphatic heterocycles. The molecule has 1 aromatic rings. The molecule has 3 nitrogen and oxygen atoms in total. The largest absolute Gasteiger partial charge is 0.324 e. The summed E-state index contributed by atoms with van der Waals surface area (Å²) in [6.07, 6.45) is 0. The molecule has 0 heterocycles. The summed E-state index contributed by atoms with van der Waals surface area (Å²) in [5.74, 6) is 0.108. The van der Waals surface area contributed by atoms with Gasteiger partial charge in [-0.3, -0.25) is 0 Å². The molecule has 0 amide bonds. The number of nitrogens with two attached hydrogens (primary N) is 1. The van der Waals surface area contributed by atoms with E-state index in [2.05, 4.69) is 0 Å². The van der Waals surface area contributed by atoms with Gasteiger partial charge in [-0.15, -0.1) is 0 Å². The second kappa shape index (κ2) is 4.11. The van der Waals surface area contributed by atoms with E-state index in [-0.39, 0.29) is 11.8 Å². The average Bonchev–Trinajstić information content (AvgIpc) is 2.18. The standard InChI is InChI=1S/C10H15NO2S/c1-3-14(12,13)10-7-5-4-6-9(10)8(2)11/h4-8H,3,11H2,1-2H3/t8-/m1/s1. The average molecular weight is 213 g/mol. The zero-order valence-electron chi connectivity index (χ0n) is 8.40. The summed E-state index contributed by atoms with van der Waals surface area (Å²) in [6, 6.07) is 6.62. The highest BCUT2D eigenvalue weighted by atomic mass is 32.2. The van der Waals surface area contributed by atoms with Gasteiger partial charge < -0.3 is 5.73 Å². The van der Waals surface area contributed by atoms with Crippen molar-refractivity contribution in [3.05, 3.63) is 29.8 Å². The summed E-state index contributed by atoms with van der Waals surface area (Å²) < 4.78 is 23.3. The molecule has 0 bridgehead atoms. The quantitative estimate of drug-likeness (QED) is 0.827. The highest BCUT2D eigenvalue weighted by Gasteiger charge is 2.17. The van der Waals surface area contributed by atoms with E-state index in [9.17, 15) is 8.42 Å². The van der Waals surface area contributed by atoms with Gasteiger partial charge in [-0.25, -0.2) is 8.42 Å². The van der Waals surface area contributed by atoms with Crippen LogP contribution in [-0.2, 0) is 9.84 Å². The second-order valence-corrected chi connectivity index (χ2v) is 5.48. The third-order valence-corrected chi connectivity index (χ3v) is 3.93. The van der Waals surface area contributed by atoms with Crippen molar-refractivity contribution in [2.45, 2.75) is 24.8 Å². The molecule has 0 aliphatic rings. The van der Waals surface area contributed by atoms with E-state index in [0.29, 0.717) is 10.5 Å². The van der Waals surface area contributed by atoms with Gasteiger partial charge in [0.15, 0.2) is 9.84 Å². The molecule has 2 N–H and O–H groups in total. The minimum Gasteiger partial charge on any atom is -0.324 e. The summed E-state index contributed by atoms with van der Waals surface area (Å²) in [4.78, 5) is 0.359. The van der Waals surface area contributed by atoms with E-state index < -0.39 is 9.84 Å². The van der Waals surface area contributed by atoms with Gasteiger partial charge in [0.2, 0.25) is 0 Å². The van der Waals surface area contributed by atoms with Crippen LogP contribution in [0.1, 0.15) is 25.5 Å². The van der Waals surface area contributed by atoms with Crippen LogP contribution in [0.25, 0.3) is 0 Å². The van der Waals surface area contributed by atoms with Crippen molar-refractivity contribution in [3.8, 4) is 0 Å². The van der Waals surface area contributed by atoms with Crippen LogP contribution in [0, 0.1) is 0 Å². The number of sulfone groups is 1. The molecule has 0 radical (unpaired) electrons. The lowest BCUT2D eigenvalue weighted by Gasteiger charge is -2.11. The Morgan fingerprint density at radius 3 is 2.43 bits per heavy atom. The predicted octanol–water partition coefficient (Wildman–Crippen LogP) is 1.50. The van der Waals surface area contributed by atoms with Gasteiger partial charge in [-0.2, -0.15) is 0 Å². The molecule has 0 aliphatic carbocycles. The lowest BCUT2D eigenvalue weighted by Crippen LogP contribution is -2.13. The normalized spacial score (nSPS) is 13.9. The summed E-state index contributed by atoms with van der Waals surface area (Å²) in [5, 5.41) is 0. The molecular weight excluding hydrogens is 198 g/mol. The summed E-state index contributed by atoms with van der Waals surface area (Å²) in [5.41, 5.74) is 6.39. The molecule has 0 saturated heterocycles. The van der Waals surface area contributed by atoms with Crippen molar-refractivity contribution in [1.29, 1.82) is 0 Å². The van der Waals surface area contributed by atoms with Crippen molar-refractivity contribution in [1.82, 2.24) is 0 Å². The zero-order valence-corrected chi connectivity index (χ0v) is 9.21. The summed E-state index contributed by atoms with van der Waals surface area (Å²) in [7, 11) is -3.15. The van der Waals surface area contributed by atoms with Gasteiger partial charge in [0, 0.05) is 6.04 Å². The van der Waals surface area contributed by atoms with Crippen molar-refractivity contribution in [2.75, 3.05) is 5.75 Å². The predicted molar refractivity (Wildman–Crippen MR) is 56.8 cm³/mol. The van der Waals surface area contributed by atoms with Gasteiger partial charge in [-0.1, -0.05) is 25.1 Å². The molecule has 0 saturated carbocycles. The number of hydrogen-bond acceptors (Lipinski definition) is 3. The zero-order chi connectivity index (χ0) is 10.8. The third-order valence-electron chi connectivity index (χ3n) is 2.12. The number of hydrogen-bond donors (Lipinski definition) is 1. The van der Waals surface area contributed by atoms with Crippen LogP contribution in [0.15, 0.2) is 29.2 Å². The Kier molecular flexibility index (Phi) is 3.29. The topological polar surface area (TPSA) is 60.2 Å². The lowest BCUT2D eigenvalue weighted by atomic mass is 10.1. The monoisotopic (exact) mass is 213 g/mol. The fourth-order valence-corrected chi connectivity index (χ4v) is 2.51. The van der Waals surface area contributed by atoms with Gasteiger partial charge >= 0.3 is 0 Å². The molecule has 1 atom stereocenters. The van der Waals surface area contributed by atoms with Crippen LogP contribution >= 0.6 is 0 Å². The van der Waals surface area contributed by atoms with E-state index in [4.69, 9.17) is 5.73 Å². The Balaban J connectivity index is 3.35. The Morgan fingerprint density at radius 2 is 1.93 bits per heavy atom. The molecule has 0 aromatic heterocycles. The maximum Gasteiger partial charge on any atom is 0.178 e. The molecule has 1 rings (SSSR count). The van der Waals surface area contributed by atoms with Crippen LogP contribution in [-0.4, -0.2) is 14.2 Å². The highest BCUT2D eigenvalue weighted by Crippen LogP contribution is 2.21. The summed E-state index contributed by atoms with van der Waals surface area (Å²) >= 11 is 0. The van der Waals surface area contributed by atoms with Crippen LogP contribution < -0.4 is 5.73 Å². The first-order chi connectivity index (χ1) is 6.49. The Morgan fingerprint density at radius 1 is 1.36 bits per heavy atom. The van der Waals surface area contributed by atoms with Crippen LogP contribution in [0.4, 0.5) is 0 Å². The number of rotatable bonds is 3. The maximum atomic E-state index is 11.7. The van der Waals surface area contributed by atoms with E-state index in [1.54, 1.807) is 38.1 Å². The smallest absolute Gasteiger partial charge is 0.178 e. The van der Waals surface area contributed by atoms with E-state index in [0.717, 1.165) is 0 Å². The Bertz CT molecular complexity index is 410. The minimum absolute atomic E-state index is 0.108. The molecule has 1 aromatic carbocycles. The van der Waals surface area contributed by atoms with Gasteiger partial charge in [-0.05, 0) is 18.6 Å². The van der Waals surface area contributed by atoms with Crippen LogP contribution in [0.3, 0.4) is 0 Å². The van der Waals surface area contributed by atoms with Crippen molar-refractivity contribution < 1.29 is 8.42 Å². The van der Waals surface area contributed by atoms with Crippen molar-refractivity contribution in [2.24, 2.45) is 5.73 Å². The van der Waals surface area contributed by atoms with E-state index in [1.807, 2.05) is 0 Å². The van der Waals surface area contributed by atoms with Crippen LogP contribution in [0.2, 0.25) is 0 Å². The maximum absolute atomic E-state index is 11.7. The van der Waals surface area contributed by atoms with Gasteiger partial charge in [0.05, 0.1) is 10.6 Å². The lowest BCUT2D eigenvalue weighted by molar-refractivity contribution is 0.594. The number of benzene rings is 1. The first kappa shape index (κ1) is 11.2. The molecular formula is C10H15NO2S. The molecule has 0 spiro atoms. The molecule has 78 valence electrons. The van der Waals surface area contributed by atoms with E-state index >= 15 is 0 Å². The fraction of sp³-hybridized carbons (Fsp3) is 0.400. The molecule has 14 heavy (non-hydrogen) atoms.